The molecule has 26 heavy (non-hydrogen) atoms. The molecule has 0 aliphatic carbocycles. The highest BCUT2D eigenvalue weighted by atomic mass is 127. The topological polar surface area (TPSA) is 110 Å². The molecule has 0 aliphatic rings. The van der Waals surface area contributed by atoms with E-state index in [1.54, 1.807) is 6.07 Å². The average molecular weight is 476 g/mol. The van der Waals surface area contributed by atoms with Gasteiger partial charge in [-0.05, 0) is 40.8 Å². The van der Waals surface area contributed by atoms with Crippen molar-refractivity contribution >= 4 is 51.0 Å². The van der Waals surface area contributed by atoms with E-state index in [-0.39, 0.29) is 41.3 Å². The summed E-state index contributed by atoms with van der Waals surface area (Å²) in [4.78, 5) is 17.0. The molecule has 8 nitrogen and oxygen atoms in total. The van der Waals surface area contributed by atoms with E-state index in [1.165, 1.54) is 18.2 Å². The standard InChI is InChI=1S/C15H11F2IN4O4/c16-9-5-7(18)1-2-10(9)19-13-8(15(24)21-25-4-3-23)6-11-14(12(13)17)20-22-26-11/h1-2,5-6,19,23H,3-4H2,(H,21,24). The second-order valence-electron chi connectivity index (χ2n) is 4.99. The number of aliphatic hydroxyl groups excluding tert-OH is 1. The van der Waals surface area contributed by atoms with Crippen molar-refractivity contribution in [2.45, 2.75) is 0 Å². The van der Waals surface area contributed by atoms with Crippen LogP contribution in [0.3, 0.4) is 0 Å². The molecule has 0 aliphatic heterocycles. The fourth-order valence-electron chi connectivity index (χ4n) is 2.13. The van der Waals surface area contributed by atoms with E-state index in [0.717, 1.165) is 0 Å². The van der Waals surface area contributed by atoms with E-state index in [0.29, 0.717) is 3.57 Å². The second-order valence-corrected chi connectivity index (χ2v) is 6.23. The van der Waals surface area contributed by atoms with Gasteiger partial charge in [-0.25, -0.2) is 14.3 Å². The number of amides is 1. The molecule has 0 spiro atoms. The Balaban J connectivity index is 2.04. The summed E-state index contributed by atoms with van der Waals surface area (Å²) >= 11 is 1.93. The van der Waals surface area contributed by atoms with E-state index in [1.807, 2.05) is 22.6 Å². The van der Waals surface area contributed by atoms with E-state index >= 15 is 0 Å². The number of hydroxylamine groups is 1. The maximum Gasteiger partial charge on any atom is 0.277 e. The molecule has 3 N–H and O–H groups in total. The third-order valence-electron chi connectivity index (χ3n) is 3.28. The third kappa shape index (κ3) is 3.73. The van der Waals surface area contributed by atoms with Gasteiger partial charge in [0.05, 0.1) is 30.2 Å². The summed E-state index contributed by atoms with van der Waals surface area (Å²) in [5, 5.41) is 18.0. The van der Waals surface area contributed by atoms with Crippen LogP contribution in [-0.2, 0) is 4.84 Å². The molecule has 3 aromatic rings. The first-order valence-electron chi connectivity index (χ1n) is 7.21. The normalized spacial score (nSPS) is 10.9. The number of fused-ring (bicyclic) bond motifs is 1. The average Bonchev–Trinajstić information content (AvgIpc) is 3.08. The Labute approximate surface area is 158 Å². The number of hydrogen-bond acceptors (Lipinski definition) is 7. The molecule has 0 unspecified atom stereocenters. The van der Waals surface area contributed by atoms with Crippen molar-refractivity contribution in [3.05, 3.63) is 45.0 Å². The van der Waals surface area contributed by atoms with Crippen molar-refractivity contribution in [2.75, 3.05) is 18.5 Å². The van der Waals surface area contributed by atoms with Gasteiger partial charge in [-0.3, -0.25) is 9.63 Å². The lowest BCUT2D eigenvalue weighted by Crippen LogP contribution is -2.26. The molecule has 0 saturated heterocycles. The zero-order valence-electron chi connectivity index (χ0n) is 12.9. The predicted molar refractivity (Wildman–Crippen MR) is 94.7 cm³/mol. The molecule has 0 saturated carbocycles. The van der Waals surface area contributed by atoms with E-state index < -0.39 is 17.5 Å². The number of nitrogens with one attached hydrogen (secondary N) is 2. The Kier molecular flexibility index (Phi) is 5.58. The molecule has 136 valence electrons. The lowest BCUT2D eigenvalue weighted by atomic mass is 10.1. The summed E-state index contributed by atoms with van der Waals surface area (Å²) in [7, 11) is 0. The van der Waals surface area contributed by atoms with Crippen molar-refractivity contribution in [2.24, 2.45) is 0 Å². The van der Waals surface area contributed by atoms with Crippen LogP contribution in [0, 0.1) is 15.2 Å². The van der Waals surface area contributed by atoms with Crippen molar-refractivity contribution in [3.63, 3.8) is 0 Å². The van der Waals surface area contributed by atoms with Gasteiger partial charge in [0.25, 0.3) is 5.91 Å². The van der Waals surface area contributed by atoms with Crippen LogP contribution in [0.25, 0.3) is 11.1 Å². The van der Waals surface area contributed by atoms with Crippen LogP contribution >= 0.6 is 22.6 Å². The number of aliphatic hydroxyl groups is 1. The Morgan fingerprint density at radius 2 is 2.15 bits per heavy atom. The summed E-state index contributed by atoms with van der Waals surface area (Å²) < 4.78 is 34.4. The monoisotopic (exact) mass is 476 g/mol. The number of aromatic nitrogens is 2. The minimum atomic E-state index is -0.936. The van der Waals surface area contributed by atoms with Gasteiger partial charge in [0.2, 0.25) is 0 Å². The smallest absolute Gasteiger partial charge is 0.277 e. The van der Waals surface area contributed by atoms with Crippen LogP contribution in [0.1, 0.15) is 10.4 Å². The second kappa shape index (κ2) is 7.88. The van der Waals surface area contributed by atoms with Crippen LogP contribution in [0.15, 0.2) is 28.8 Å². The highest BCUT2D eigenvalue weighted by Gasteiger charge is 2.23. The molecule has 11 heteroatoms. The summed E-state index contributed by atoms with van der Waals surface area (Å²) in [6.07, 6.45) is 0. The summed E-state index contributed by atoms with van der Waals surface area (Å²) in [6.45, 7) is -0.479. The number of halogens is 3. The molecule has 0 radical (unpaired) electrons. The Morgan fingerprint density at radius 3 is 2.88 bits per heavy atom. The SMILES string of the molecule is O=C(NOCCO)c1cc2onnc2c(F)c1Nc1ccc(I)cc1F. The highest BCUT2D eigenvalue weighted by Crippen LogP contribution is 2.31. The zero-order valence-corrected chi connectivity index (χ0v) is 15.1. The molecule has 0 fully saturated rings. The zero-order chi connectivity index (χ0) is 18.7. The van der Waals surface area contributed by atoms with Crippen LogP contribution in [-0.4, -0.2) is 34.6 Å². The van der Waals surface area contributed by atoms with Gasteiger partial charge < -0.3 is 14.9 Å². The van der Waals surface area contributed by atoms with Crippen molar-refractivity contribution < 1.29 is 28.0 Å². The maximum atomic E-state index is 14.8. The van der Waals surface area contributed by atoms with Crippen LogP contribution in [0.5, 0.6) is 0 Å². The van der Waals surface area contributed by atoms with Crippen molar-refractivity contribution in [1.82, 2.24) is 15.9 Å². The van der Waals surface area contributed by atoms with Crippen molar-refractivity contribution in [1.29, 1.82) is 0 Å². The largest absolute Gasteiger partial charge is 0.394 e. The van der Waals surface area contributed by atoms with Gasteiger partial charge >= 0.3 is 0 Å². The van der Waals surface area contributed by atoms with Crippen LogP contribution in [0.2, 0.25) is 0 Å². The highest BCUT2D eigenvalue weighted by molar-refractivity contribution is 14.1. The van der Waals surface area contributed by atoms with Crippen LogP contribution < -0.4 is 10.8 Å². The number of carbonyl (C=O) groups is 1. The first kappa shape index (κ1) is 18.4. The Morgan fingerprint density at radius 1 is 1.35 bits per heavy atom. The van der Waals surface area contributed by atoms with Gasteiger partial charge in [0.15, 0.2) is 16.9 Å². The minimum Gasteiger partial charge on any atom is -0.394 e. The molecule has 2 aromatic carbocycles. The molecular formula is C15H11F2IN4O4. The number of rotatable bonds is 6. The van der Waals surface area contributed by atoms with E-state index in [9.17, 15) is 13.6 Å². The first-order valence-corrected chi connectivity index (χ1v) is 8.28. The number of carbonyl (C=O) groups excluding carboxylic acids is 1. The fraction of sp³-hybridized carbons (Fsp3) is 0.133. The quantitative estimate of drug-likeness (QED) is 0.285. The number of hydrogen-bond donors (Lipinski definition) is 3. The molecular weight excluding hydrogens is 465 g/mol. The Bertz CT molecular complexity index is 966. The van der Waals surface area contributed by atoms with Gasteiger partial charge in [-0.15, -0.1) is 5.10 Å². The molecule has 0 atom stereocenters. The lowest BCUT2D eigenvalue weighted by Gasteiger charge is -2.14. The molecule has 3 rings (SSSR count). The summed E-state index contributed by atoms with van der Waals surface area (Å²) in [5.41, 5.74) is 1.19. The minimum absolute atomic E-state index is 0.0366. The third-order valence-corrected chi connectivity index (χ3v) is 3.95. The molecule has 1 amide bonds. The van der Waals surface area contributed by atoms with Gasteiger partial charge in [-0.1, -0.05) is 0 Å². The predicted octanol–water partition coefficient (Wildman–Crippen LogP) is 2.50. The molecule has 0 bridgehead atoms. The maximum absolute atomic E-state index is 14.8. The number of nitrogens with zero attached hydrogens (tertiary/aromatic N) is 2. The summed E-state index contributed by atoms with van der Waals surface area (Å²) in [6, 6.07) is 5.47. The number of anilines is 2. The number of benzene rings is 2. The lowest BCUT2D eigenvalue weighted by molar-refractivity contribution is 0.0169. The van der Waals surface area contributed by atoms with Gasteiger partial charge in [0, 0.05) is 14.9 Å². The van der Waals surface area contributed by atoms with Crippen molar-refractivity contribution in [3.8, 4) is 0 Å². The summed E-state index contributed by atoms with van der Waals surface area (Å²) in [5.74, 6) is -2.39. The fourth-order valence-corrected chi connectivity index (χ4v) is 2.58. The molecule has 1 heterocycles. The molecule has 1 aromatic heterocycles. The van der Waals surface area contributed by atoms with Gasteiger partial charge in [0.1, 0.15) is 5.82 Å². The van der Waals surface area contributed by atoms with Crippen LogP contribution in [0.4, 0.5) is 20.2 Å². The van der Waals surface area contributed by atoms with Gasteiger partial charge in [-0.2, -0.15) is 0 Å². The first-order chi connectivity index (χ1) is 12.5. The van der Waals surface area contributed by atoms with E-state index in [2.05, 4.69) is 21.2 Å². The van der Waals surface area contributed by atoms with E-state index in [4.69, 9.17) is 14.5 Å². The Hall–Kier alpha value is -2.38.